The van der Waals surface area contributed by atoms with E-state index in [9.17, 15) is 4.79 Å². The Hall–Kier alpha value is -1.29. The van der Waals surface area contributed by atoms with E-state index in [1.165, 1.54) is 6.92 Å². The average Bonchev–Trinajstić information content (AvgIpc) is 2.03. The van der Waals surface area contributed by atoms with Crippen LogP contribution in [0.15, 0.2) is 24.3 Å². The predicted molar refractivity (Wildman–Crippen MR) is 57.6 cm³/mol. The van der Waals surface area contributed by atoms with Crippen molar-refractivity contribution in [3.63, 3.8) is 0 Å². The summed E-state index contributed by atoms with van der Waals surface area (Å²) >= 11 is 4.74. The van der Waals surface area contributed by atoms with Crippen LogP contribution in [0.4, 0.5) is 0 Å². The molecular weight excluding hydrogens is 184 g/mol. The highest BCUT2D eigenvalue weighted by molar-refractivity contribution is 7.80. The second-order valence-electron chi connectivity index (χ2n) is 2.44. The maximum Gasteiger partial charge on any atom is 0.198 e. The summed E-state index contributed by atoms with van der Waals surface area (Å²) in [6, 6.07) is 0. The molecule has 0 saturated carbocycles. The minimum atomic E-state index is 0.0696. The summed E-state index contributed by atoms with van der Waals surface area (Å²) in [7, 11) is 0. The Balaban J connectivity index is 4.22. The summed E-state index contributed by atoms with van der Waals surface area (Å²) in [5.74, 6) is 0.0696. The molecule has 0 aromatic rings. The summed E-state index contributed by atoms with van der Waals surface area (Å²) in [4.78, 5) is 13.6. The van der Waals surface area contributed by atoms with Crippen LogP contribution in [0.3, 0.4) is 0 Å². The van der Waals surface area contributed by atoms with Crippen molar-refractivity contribution in [2.24, 2.45) is 5.73 Å². The minimum absolute atomic E-state index is 0.0696. The van der Waals surface area contributed by atoms with Crippen molar-refractivity contribution in [2.45, 2.75) is 6.92 Å². The molecule has 0 radical (unpaired) electrons. The second-order valence-corrected chi connectivity index (χ2v) is 2.88. The summed E-state index contributed by atoms with van der Waals surface area (Å²) in [5, 5.41) is 0. The number of hydrogen-bond acceptors (Lipinski definition) is 2. The lowest BCUT2D eigenvalue weighted by Crippen LogP contribution is -2.70. The molecule has 0 aliphatic rings. The molecule has 3 N–H and O–H groups in total. The number of nitrogens with one attached hydrogen (secondary N) is 1. The minimum Gasteiger partial charge on any atom is -0.389 e. The third-order valence-corrected chi connectivity index (χ3v) is 1.47. The van der Waals surface area contributed by atoms with Gasteiger partial charge in [-0.15, -0.1) is 0 Å². The molecule has 0 aliphatic heterocycles. The first-order valence-electron chi connectivity index (χ1n) is 3.76. The number of nitrogens with two attached hydrogens (primary N) is 1. The number of hydrogen-bond donors (Lipinski definition) is 2. The lowest BCUT2D eigenvalue weighted by molar-refractivity contribution is -0.437. The van der Waals surface area contributed by atoms with Gasteiger partial charge in [-0.05, 0) is 0 Å². The third kappa shape index (κ3) is 5.93. The van der Waals surface area contributed by atoms with Crippen molar-refractivity contribution >= 4 is 29.2 Å². The first kappa shape index (κ1) is 11.7. The number of Topliss-reactive ketones (excluding diaryl/α,β-unsaturated/α-hetero) is 1. The molecule has 0 spiro atoms. The van der Waals surface area contributed by atoms with Crippen LogP contribution in [0, 0.1) is 0 Å². The molecule has 0 rings (SSSR count). The quantitative estimate of drug-likeness (QED) is 0.261. The van der Waals surface area contributed by atoms with Crippen LogP contribution in [-0.4, -0.2) is 23.5 Å². The molecule has 0 unspecified atom stereocenters. The SMILES string of the molecule is C=C/C(=C\C=[NH+]CC(C)=O)C(N)=S. The van der Waals surface area contributed by atoms with Gasteiger partial charge in [-0.3, -0.25) is 4.79 Å². The third-order valence-electron chi connectivity index (χ3n) is 1.24. The molecule has 0 aromatic heterocycles. The van der Waals surface area contributed by atoms with E-state index in [0.29, 0.717) is 12.1 Å². The Kier molecular flexibility index (Phi) is 5.63. The zero-order valence-electron chi connectivity index (χ0n) is 7.54. The van der Waals surface area contributed by atoms with E-state index in [0.717, 1.165) is 0 Å². The molecule has 70 valence electrons. The first-order chi connectivity index (χ1) is 6.07. The lowest BCUT2D eigenvalue weighted by Gasteiger charge is -1.92. The van der Waals surface area contributed by atoms with Crippen molar-refractivity contribution in [1.29, 1.82) is 0 Å². The summed E-state index contributed by atoms with van der Waals surface area (Å²) in [6.45, 7) is 5.36. The van der Waals surface area contributed by atoms with E-state index in [1.54, 1.807) is 18.4 Å². The van der Waals surface area contributed by atoms with E-state index < -0.39 is 0 Å². The number of carbonyl (C=O) groups is 1. The van der Waals surface area contributed by atoms with Gasteiger partial charge in [0.2, 0.25) is 0 Å². The van der Waals surface area contributed by atoms with Crippen molar-refractivity contribution in [3.8, 4) is 0 Å². The topological polar surface area (TPSA) is 57.1 Å². The number of carbonyl (C=O) groups excluding carboxylic acids is 1. The standard InChI is InChI=1S/C9H12N2OS/c1-3-8(9(10)13)4-5-11-6-7(2)12/h3-5H,1,6H2,2H3,(H2,10,13)/p+1/b8-4+,11-5?. The molecule has 0 saturated heterocycles. The van der Waals surface area contributed by atoms with Gasteiger partial charge < -0.3 is 5.73 Å². The van der Waals surface area contributed by atoms with Crippen molar-refractivity contribution in [2.75, 3.05) is 6.54 Å². The Morgan fingerprint density at radius 3 is 2.69 bits per heavy atom. The van der Waals surface area contributed by atoms with E-state index in [-0.39, 0.29) is 10.8 Å². The van der Waals surface area contributed by atoms with Crippen LogP contribution in [0.5, 0.6) is 0 Å². The largest absolute Gasteiger partial charge is 0.389 e. The van der Waals surface area contributed by atoms with Crippen molar-refractivity contribution in [3.05, 3.63) is 24.3 Å². The molecule has 0 aromatic carbocycles. The average molecular weight is 197 g/mol. The Bertz CT molecular complexity index is 279. The molecule has 0 heterocycles. The Morgan fingerprint density at radius 1 is 1.69 bits per heavy atom. The van der Waals surface area contributed by atoms with Gasteiger partial charge in [-0.2, -0.15) is 0 Å². The number of thiocarbonyl (C=S) groups is 1. The molecule has 0 fully saturated rings. The van der Waals surface area contributed by atoms with Gasteiger partial charge in [0, 0.05) is 18.6 Å². The Labute approximate surface area is 83.0 Å². The van der Waals surface area contributed by atoms with E-state index in [2.05, 4.69) is 11.6 Å². The predicted octanol–water partition coefficient (Wildman–Crippen LogP) is -0.875. The molecule has 13 heavy (non-hydrogen) atoms. The summed E-state index contributed by atoms with van der Waals surface area (Å²) < 4.78 is 0. The van der Waals surface area contributed by atoms with E-state index >= 15 is 0 Å². The normalized spacial score (nSPS) is 11.6. The highest BCUT2D eigenvalue weighted by atomic mass is 32.1. The van der Waals surface area contributed by atoms with Gasteiger partial charge >= 0.3 is 0 Å². The first-order valence-corrected chi connectivity index (χ1v) is 4.17. The van der Waals surface area contributed by atoms with Gasteiger partial charge in [0.25, 0.3) is 0 Å². The molecular formula is C9H13N2OS+. The van der Waals surface area contributed by atoms with Crippen LogP contribution in [0.2, 0.25) is 0 Å². The van der Waals surface area contributed by atoms with Gasteiger partial charge in [0.1, 0.15) is 4.99 Å². The highest BCUT2D eigenvalue weighted by Crippen LogP contribution is 1.92. The van der Waals surface area contributed by atoms with Crippen LogP contribution >= 0.6 is 12.2 Å². The smallest absolute Gasteiger partial charge is 0.198 e. The van der Waals surface area contributed by atoms with Gasteiger partial charge in [0.15, 0.2) is 18.5 Å². The lowest BCUT2D eigenvalue weighted by atomic mass is 10.2. The molecule has 4 heteroatoms. The van der Waals surface area contributed by atoms with Crippen LogP contribution in [-0.2, 0) is 4.79 Å². The van der Waals surface area contributed by atoms with Crippen molar-refractivity contribution < 1.29 is 9.79 Å². The number of ketones is 1. The molecule has 0 bridgehead atoms. The fourth-order valence-electron chi connectivity index (χ4n) is 0.602. The van der Waals surface area contributed by atoms with Crippen LogP contribution in [0.25, 0.3) is 0 Å². The number of allylic oxidation sites excluding steroid dienone is 1. The maximum absolute atomic E-state index is 10.5. The molecule has 0 aliphatic carbocycles. The monoisotopic (exact) mass is 197 g/mol. The van der Waals surface area contributed by atoms with Gasteiger partial charge in [0.05, 0.1) is 0 Å². The van der Waals surface area contributed by atoms with Crippen molar-refractivity contribution in [1.82, 2.24) is 0 Å². The Morgan fingerprint density at radius 2 is 2.31 bits per heavy atom. The van der Waals surface area contributed by atoms with Crippen LogP contribution in [0.1, 0.15) is 6.92 Å². The highest BCUT2D eigenvalue weighted by Gasteiger charge is 1.94. The molecule has 0 atom stereocenters. The van der Waals surface area contributed by atoms with E-state index in [1.807, 2.05) is 0 Å². The fourth-order valence-corrected chi connectivity index (χ4v) is 0.754. The second kappa shape index (κ2) is 6.25. The zero-order valence-corrected chi connectivity index (χ0v) is 8.36. The van der Waals surface area contributed by atoms with Gasteiger partial charge in [-0.25, -0.2) is 4.99 Å². The maximum atomic E-state index is 10.5. The van der Waals surface area contributed by atoms with E-state index in [4.69, 9.17) is 18.0 Å². The summed E-state index contributed by atoms with van der Waals surface area (Å²) in [5.41, 5.74) is 6.04. The molecule has 0 amide bonds. The fraction of sp³-hybridized carbons (Fsp3) is 0.222. The number of rotatable bonds is 5. The van der Waals surface area contributed by atoms with Crippen LogP contribution < -0.4 is 10.7 Å². The molecule has 3 nitrogen and oxygen atoms in total. The van der Waals surface area contributed by atoms with Gasteiger partial charge in [-0.1, -0.05) is 24.9 Å². The zero-order chi connectivity index (χ0) is 10.3. The summed E-state index contributed by atoms with van der Waals surface area (Å²) in [6.07, 6.45) is 4.87.